The first-order chi connectivity index (χ1) is 8.49. The van der Waals surface area contributed by atoms with E-state index in [1.54, 1.807) is 0 Å². The first-order valence-corrected chi connectivity index (χ1v) is 6.15. The maximum atomic E-state index is 11.4. The molecule has 0 spiro atoms. The van der Waals surface area contributed by atoms with E-state index < -0.39 is 0 Å². The SMILES string of the molecule is Cc1ccc(OCCC(=O)NCC(N)=S)cc1C. The summed E-state index contributed by atoms with van der Waals surface area (Å²) in [5.41, 5.74) is 7.67. The molecule has 1 aromatic rings. The minimum absolute atomic E-state index is 0.119. The van der Waals surface area contributed by atoms with Gasteiger partial charge in [0, 0.05) is 0 Å². The zero-order valence-corrected chi connectivity index (χ0v) is 11.5. The van der Waals surface area contributed by atoms with E-state index in [-0.39, 0.29) is 23.9 Å². The molecule has 5 heteroatoms. The summed E-state index contributed by atoms with van der Waals surface area (Å²) < 4.78 is 5.49. The van der Waals surface area contributed by atoms with Gasteiger partial charge in [-0.05, 0) is 37.1 Å². The second kappa shape index (κ2) is 6.96. The van der Waals surface area contributed by atoms with Crippen LogP contribution in [0.25, 0.3) is 0 Å². The summed E-state index contributed by atoms with van der Waals surface area (Å²) in [7, 11) is 0. The van der Waals surface area contributed by atoms with Crippen LogP contribution >= 0.6 is 12.2 Å². The standard InChI is InChI=1S/C13H18N2O2S/c1-9-3-4-11(7-10(9)2)17-6-5-13(16)15-8-12(14)18/h3-4,7H,5-6,8H2,1-2H3,(H2,14,18)(H,15,16). The predicted octanol–water partition coefficient (Wildman–Crippen LogP) is 1.47. The number of benzene rings is 1. The topological polar surface area (TPSA) is 64.3 Å². The molecule has 0 saturated heterocycles. The van der Waals surface area contributed by atoms with E-state index in [2.05, 4.69) is 17.5 Å². The van der Waals surface area contributed by atoms with Crippen molar-refractivity contribution < 1.29 is 9.53 Å². The highest BCUT2D eigenvalue weighted by molar-refractivity contribution is 7.80. The molecule has 0 heterocycles. The van der Waals surface area contributed by atoms with Crippen molar-refractivity contribution in [3.05, 3.63) is 29.3 Å². The first-order valence-electron chi connectivity index (χ1n) is 5.74. The van der Waals surface area contributed by atoms with Crippen molar-refractivity contribution in [2.24, 2.45) is 5.73 Å². The third-order valence-electron chi connectivity index (χ3n) is 2.54. The van der Waals surface area contributed by atoms with Crippen LogP contribution in [0.2, 0.25) is 0 Å². The molecule has 0 bridgehead atoms. The zero-order valence-electron chi connectivity index (χ0n) is 10.7. The van der Waals surface area contributed by atoms with E-state index in [1.165, 1.54) is 11.1 Å². The number of hydrogen-bond donors (Lipinski definition) is 2. The van der Waals surface area contributed by atoms with E-state index in [0.29, 0.717) is 6.61 Å². The highest BCUT2D eigenvalue weighted by Crippen LogP contribution is 2.16. The average molecular weight is 266 g/mol. The molecule has 4 nitrogen and oxygen atoms in total. The number of thiocarbonyl (C=S) groups is 1. The zero-order chi connectivity index (χ0) is 13.5. The summed E-state index contributed by atoms with van der Waals surface area (Å²) in [6.45, 7) is 4.64. The van der Waals surface area contributed by atoms with Crippen LogP contribution in [-0.4, -0.2) is 24.0 Å². The van der Waals surface area contributed by atoms with Gasteiger partial charge in [0.15, 0.2) is 0 Å². The minimum Gasteiger partial charge on any atom is -0.493 e. The average Bonchev–Trinajstić information content (AvgIpc) is 2.31. The van der Waals surface area contributed by atoms with Crippen LogP contribution in [0.15, 0.2) is 18.2 Å². The molecule has 0 aliphatic rings. The lowest BCUT2D eigenvalue weighted by Crippen LogP contribution is -2.32. The largest absolute Gasteiger partial charge is 0.493 e. The molecule has 0 aromatic heterocycles. The van der Waals surface area contributed by atoms with E-state index in [0.717, 1.165) is 5.75 Å². The fourth-order valence-corrected chi connectivity index (χ4v) is 1.41. The summed E-state index contributed by atoms with van der Waals surface area (Å²) in [6, 6.07) is 5.86. The molecule has 3 N–H and O–H groups in total. The normalized spacial score (nSPS) is 9.89. The molecular formula is C13H18N2O2S. The van der Waals surface area contributed by atoms with Crippen LogP contribution in [0.4, 0.5) is 0 Å². The number of hydrogen-bond acceptors (Lipinski definition) is 3. The maximum absolute atomic E-state index is 11.4. The molecule has 0 radical (unpaired) electrons. The Morgan fingerprint density at radius 1 is 1.39 bits per heavy atom. The highest BCUT2D eigenvalue weighted by atomic mass is 32.1. The first kappa shape index (κ1) is 14.4. The summed E-state index contributed by atoms with van der Waals surface area (Å²) in [5.74, 6) is 0.659. The molecule has 0 aliphatic heterocycles. The number of carbonyl (C=O) groups is 1. The maximum Gasteiger partial charge on any atom is 0.223 e. The van der Waals surface area contributed by atoms with Gasteiger partial charge in [0.25, 0.3) is 0 Å². The smallest absolute Gasteiger partial charge is 0.223 e. The van der Waals surface area contributed by atoms with Gasteiger partial charge in [0.2, 0.25) is 5.91 Å². The predicted molar refractivity (Wildman–Crippen MR) is 75.8 cm³/mol. The summed E-state index contributed by atoms with van der Waals surface area (Å²) in [5, 5.41) is 2.60. The van der Waals surface area contributed by atoms with Crippen molar-refractivity contribution in [2.45, 2.75) is 20.3 Å². The second-order valence-corrected chi connectivity index (χ2v) is 4.61. The van der Waals surface area contributed by atoms with Crippen molar-refractivity contribution in [1.29, 1.82) is 0 Å². The Balaban J connectivity index is 2.30. The molecule has 1 amide bonds. The lowest BCUT2D eigenvalue weighted by atomic mass is 10.1. The van der Waals surface area contributed by atoms with Crippen LogP contribution < -0.4 is 15.8 Å². The third-order valence-corrected chi connectivity index (χ3v) is 2.68. The molecule has 98 valence electrons. The Morgan fingerprint density at radius 3 is 2.72 bits per heavy atom. The van der Waals surface area contributed by atoms with Crippen LogP contribution in [0.1, 0.15) is 17.5 Å². The van der Waals surface area contributed by atoms with Crippen LogP contribution in [0, 0.1) is 13.8 Å². The molecule has 0 aliphatic carbocycles. The molecule has 0 atom stereocenters. The van der Waals surface area contributed by atoms with Gasteiger partial charge in [-0.25, -0.2) is 0 Å². The van der Waals surface area contributed by atoms with Gasteiger partial charge in [-0.15, -0.1) is 0 Å². The van der Waals surface area contributed by atoms with Gasteiger partial charge in [0.05, 0.1) is 24.6 Å². The minimum atomic E-state index is -0.119. The Kier molecular flexibility index (Phi) is 5.58. The molecule has 0 saturated carbocycles. The number of nitrogens with one attached hydrogen (secondary N) is 1. The monoisotopic (exact) mass is 266 g/mol. The number of aryl methyl sites for hydroxylation is 2. The number of carbonyl (C=O) groups excluding carboxylic acids is 1. The van der Waals surface area contributed by atoms with E-state index in [4.69, 9.17) is 10.5 Å². The van der Waals surface area contributed by atoms with E-state index in [1.807, 2.05) is 32.0 Å². The number of amides is 1. The summed E-state index contributed by atoms with van der Waals surface area (Å²) in [6.07, 6.45) is 0.287. The van der Waals surface area contributed by atoms with Gasteiger partial charge < -0.3 is 15.8 Å². The van der Waals surface area contributed by atoms with E-state index >= 15 is 0 Å². The lowest BCUT2D eigenvalue weighted by molar-refractivity contribution is -0.121. The van der Waals surface area contributed by atoms with Crippen molar-refractivity contribution >= 4 is 23.1 Å². The molecule has 0 unspecified atom stereocenters. The summed E-state index contributed by atoms with van der Waals surface area (Å²) in [4.78, 5) is 11.6. The van der Waals surface area contributed by atoms with Crippen LogP contribution in [-0.2, 0) is 4.79 Å². The fraction of sp³-hybridized carbons (Fsp3) is 0.385. The van der Waals surface area contributed by atoms with Crippen LogP contribution in [0.3, 0.4) is 0 Å². The summed E-state index contributed by atoms with van der Waals surface area (Å²) >= 11 is 4.66. The van der Waals surface area contributed by atoms with Gasteiger partial charge in [-0.1, -0.05) is 18.3 Å². The Labute approximate surface area is 113 Å². The third kappa shape index (κ3) is 5.14. The molecule has 0 fully saturated rings. The number of rotatable bonds is 6. The Hall–Kier alpha value is -1.62. The Morgan fingerprint density at radius 2 is 2.11 bits per heavy atom. The van der Waals surface area contributed by atoms with Crippen molar-refractivity contribution in [3.63, 3.8) is 0 Å². The van der Waals surface area contributed by atoms with E-state index in [9.17, 15) is 4.79 Å². The van der Waals surface area contributed by atoms with Gasteiger partial charge in [-0.3, -0.25) is 4.79 Å². The second-order valence-electron chi connectivity index (χ2n) is 4.09. The quantitative estimate of drug-likeness (QED) is 0.765. The number of ether oxygens (including phenoxy) is 1. The number of nitrogens with two attached hydrogens (primary N) is 1. The van der Waals surface area contributed by atoms with Gasteiger partial charge in [0.1, 0.15) is 5.75 Å². The van der Waals surface area contributed by atoms with Crippen molar-refractivity contribution in [3.8, 4) is 5.75 Å². The van der Waals surface area contributed by atoms with Crippen LogP contribution in [0.5, 0.6) is 5.75 Å². The van der Waals surface area contributed by atoms with Gasteiger partial charge in [-0.2, -0.15) is 0 Å². The molecular weight excluding hydrogens is 248 g/mol. The van der Waals surface area contributed by atoms with Crippen molar-refractivity contribution in [2.75, 3.05) is 13.2 Å². The van der Waals surface area contributed by atoms with Crippen molar-refractivity contribution in [1.82, 2.24) is 5.32 Å². The molecule has 18 heavy (non-hydrogen) atoms. The molecule has 1 aromatic carbocycles. The Bertz CT molecular complexity index is 447. The van der Waals surface area contributed by atoms with Gasteiger partial charge >= 0.3 is 0 Å². The lowest BCUT2D eigenvalue weighted by Gasteiger charge is -2.08. The highest BCUT2D eigenvalue weighted by Gasteiger charge is 2.02. The fourth-order valence-electron chi connectivity index (χ4n) is 1.34. The molecule has 1 rings (SSSR count).